The van der Waals surface area contributed by atoms with Crippen LogP contribution in [0, 0.1) is 17.5 Å². The number of benzene rings is 4. The Bertz CT molecular complexity index is 4340. The van der Waals surface area contributed by atoms with Crippen LogP contribution in [0.25, 0.3) is 0 Å². The number of piperidine rings is 4. The fourth-order valence-electron chi connectivity index (χ4n) is 11.5. The summed E-state index contributed by atoms with van der Waals surface area (Å²) in [5, 5.41) is 39.7. The lowest BCUT2D eigenvalue weighted by Crippen LogP contribution is -2.44. The van der Waals surface area contributed by atoms with Crippen LogP contribution in [0.5, 0.6) is 0 Å². The van der Waals surface area contributed by atoms with E-state index in [0.717, 1.165) is 57.5 Å². The molecule has 0 radical (unpaired) electrons. The van der Waals surface area contributed by atoms with Crippen molar-refractivity contribution in [3.05, 3.63) is 209 Å². The summed E-state index contributed by atoms with van der Waals surface area (Å²) in [6.45, 7) is 4.24. The number of nitrogens with zero attached hydrogens (tertiary/aromatic N) is 12. The van der Waals surface area contributed by atoms with Crippen LogP contribution in [0.3, 0.4) is 0 Å². The van der Waals surface area contributed by atoms with Crippen molar-refractivity contribution < 1.29 is 45.5 Å². The third-order valence-electron chi connectivity index (χ3n) is 17.1. The summed E-state index contributed by atoms with van der Waals surface area (Å²) in [4.78, 5) is 101. The van der Waals surface area contributed by atoms with Crippen molar-refractivity contribution in [3.63, 3.8) is 0 Å². The number of hydrogen-bond donors (Lipinski definition) is 8. The van der Waals surface area contributed by atoms with E-state index in [4.69, 9.17) is 11.6 Å². The SMILES string of the molecule is Cn1nc(NC(=O)N2CCC(Nc3cc(F)cc(Cl)c3)CC2)ccc1=O.Cn1nc(NC(=O)N2CCC(Nc3cc(F)cc(F)c3)CC2)ccc1=O.Cn1nc(NC(=O)N2CCC(Nc3ccccc3)CC2)ccc1=O.Cn1nc(NC(=O)N2CCC(Nc3ccccc3C(F)(F)F)CC2)ccc1=O. The lowest BCUT2D eigenvalue weighted by molar-refractivity contribution is -0.137. The van der Waals surface area contributed by atoms with Gasteiger partial charge in [-0.05, 0) is 130 Å². The molecule has 552 valence electrons. The van der Waals surface area contributed by atoms with E-state index in [-0.39, 0.29) is 81.8 Å². The molecule has 8 amide bonds. The number of rotatable bonds is 12. The van der Waals surface area contributed by atoms with Gasteiger partial charge in [-0.25, -0.2) is 51.1 Å². The second kappa shape index (κ2) is 35.9. The Hall–Kier alpha value is -11.5. The molecule has 35 heteroatoms. The van der Waals surface area contributed by atoms with E-state index in [1.54, 1.807) is 38.8 Å². The minimum atomic E-state index is -4.42. The minimum Gasteiger partial charge on any atom is -0.382 e. The average Bonchev–Trinajstić information content (AvgIpc) is 0.793. The molecule has 4 aliphatic heterocycles. The number of hydrogen-bond acceptors (Lipinski definition) is 16. The van der Waals surface area contributed by atoms with Gasteiger partial charge in [0.2, 0.25) is 0 Å². The van der Waals surface area contributed by atoms with Crippen molar-refractivity contribution >= 4 is 81.7 Å². The molecule has 8 aromatic rings. The molecular formula is C69H79ClF6N20O8. The molecule has 8 heterocycles. The summed E-state index contributed by atoms with van der Waals surface area (Å²) in [5.41, 5.74) is 0.478. The highest BCUT2D eigenvalue weighted by molar-refractivity contribution is 6.30. The van der Waals surface area contributed by atoms with E-state index in [9.17, 15) is 64.7 Å². The van der Waals surface area contributed by atoms with Crippen molar-refractivity contribution in [1.29, 1.82) is 0 Å². The number of carbonyl (C=O) groups is 4. The molecule has 12 rings (SSSR count). The van der Waals surface area contributed by atoms with Crippen molar-refractivity contribution in [1.82, 2.24) is 58.7 Å². The maximum Gasteiger partial charge on any atom is 0.418 e. The Morgan fingerprint density at radius 3 is 0.981 bits per heavy atom. The number of likely N-dealkylation sites (tertiary alicyclic amines) is 4. The average molecular weight is 1470 g/mol. The molecule has 28 nitrogen and oxygen atoms in total. The Morgan fingerprint density at radius 2 is 0.663 bits per heavy atom. The molecule has 0 bridgehead atoms. The van der Waals surface area contributed by atoms with Crippen LogP contribution in [-0.4, -0.2) is 159 Å². The number of alkyl halides is 3. The van der Waals surface area contributed by atoms with Crippen LogP contribution < -0.4 is 64.8 Å². The van der Waals surface area contributed by atoms with Crippen LogP contribution in [-0.2, 0) is 34.4 Å². The fraction of sp³-hybridized carbons (Fsp3) is 0.362. The first-order chi connectivity index (χ1) is 49.7. The predicted molar refractivity (Wildman–Crippen MR) is 383 cm³/mol. The van der Waals surface area contributed by atoms with Gasteiger partial charge in [-0.3, -0.25) is 40.4 Å². The van der Waals surface area contributed by atoms with Gasteiger partial charge in [0.25, 0.3) is 22.2 Å². The molecule has 0 aliphatic carbocycles. The maximum atomic E-state index is 13.4. The van der Waals surface area contributed by atoms with Gasteiger partial charge >= 0.3 is 30.3 Å². The molecule has 4 aliphatic rings. The predicted octanol–water partition coefficient (Wildman–Crippen LogP) is 9.64. The summed E-state index contributed by atoms with van der Waals surface area (Å²) in [6.07, 6.45) is 1.13. The molecule has 0 atom stereocenters. The number of carbonyl (C=O) groups excluding carboxylic acids is 4. The van der Waals surface area contributed by atoms with Crippen molar-refractivity contribution in [2.75, 3.05) is 94.9 Å². The highest BCUT2D eigenvalue weighted by atomic mass is 35.5. The zero-order valence-electron chi connectivity index (χ0n) is 57.2. The minimum absolute atomic E-state index is 0.0240. The van der Waals surface area contributed by atoms with Crippen LogP contribution >= 0.6 is 11.6 Å². The Kier molecular flexibility index (Phi) is 26.5. The third kappa shape index (κ3) is 23.0. The number of halogens is 7. The molecule has 0 spiro atoms. The highest BCUT2D eigenvalue weighted by Gasteiger charge is 2.35. The molecule has 0 unspecified atom stereocenters. The summed E-state index contributed by atoms with van der Waals surface area (Å²) < 4.78 is 83.8. The molecule has 4 aromatic carbocycles. The van der Waals surface area contributed by atoms with Crippen LogP contribution in [0.2, 0.25) is 5.02 Å². The zero-order valence-corrected chi connectivity index (χ0v) is 57.9. The van der Waals surface area contributed by atoms with E-state index >= 15 is 0 Å². The Morgan fingerprint density at radius 1 is 0.375 bits per heavy atom. The fourth-order valence-corrected chi connectivity index (χ4v) is 11.8. The first-order valence-corrected chi connectivity index (χ1v) is 33.7. The lowest BCUT2D eigenvalue weighted by atomic mass is 10.0. The van der Waals surface area contributed by atoms with Gasteiger partial charge in [-0.1, -0.05) is 41.9 Å². The Balaban J connectivity index is 0.000000161. The van der Waals surface area contributed by atoms with Gasteiger partial charge in [0.15, 0.2) is 23.3 Å². The normalized spacial score (nSPS) is 15.1. The molecule has 8 N–H and O–H groups in total. The molecule has 4 aromatic heterocycles. The largest absolute Gasteiger partial charge is 0.418 e. The summed E-state index contributed by atoms with van der Waals surface area (Å²) in [5.74, 6) is -0.387. The first kappa shape index (κ1) is 76.7. The van der Waals surface area contributed by atoms with Crippen LogP contribution in [0.15, 0.2) is 159 Å². The van der Waals surface area contributed by atoms with E-state index in [2.05, 4.69) is 62.9 Å². The second-order valence-electron chi connectivity index (χ2n) is 24.8. The molecule has 4 saturated heterocycles. The van der Waals surface area contributed by atoms with Crippen LogP contribution in [0.1, 0.15) is 56.9 Å². The lowest BCUT2D eigenvalue weighted by Gasteiger charge is -2.33. The van der Waals surface area contributed by atoms with Gasteiger partial charge < -0.3 is 40.9 Å². The molecular weight excluding hydrogens is 1390 g/mol. The smallest absolute Gasteiger partial charge is 0.382 e. The monoisotopic (exact) mass is 1460 g/mol. The number of aryl methyl sites for hydroxylation is 4. The first-order valence-electron chi connectivity index (χ1n) is 33.3. The number of amides is 8. The van der Waals surface area contributed by atoms with Crippen LogP contribution in [0.4, 0.5) is 91.5 Å². The number of urea groups is 4. The summed E-state index contributed by atoms with van der Waals surface area (Å²) in [6, 6.07) is 33.6. The number of aromatic nitrogens is 8. The van der Waals surface area contributed by atoms with E-state index in [1.165, 1.54) is 111 Å². The number of nitrogens with one attached hydrogen (secondary N) is 8. The molecule has 4 fully saturated rings. The summed E-state index contributed by atoms with van der Waals surface area (Å²) in [7, 11) is 6.06. The van der Waals surface area contributed by atoms with Crippen molar-refractivity contribution in [2.45, 2.75) is 81.7 Å². The van der Waals surface area contributed by atoms with Gasteiger partial charge in [0.1, 0.15) is 17.5 Å². The highest BCUT2D eigenvalue weighted by Crippen LogP contribution is 2.36. The Labute approximate surface area is 597 Å². The van der Waals surface area contributed by atoms with Crippen molar-refractivity contribution in [3.8, 4) is 0 Å². The maximum absolute atomic E-state index is 13.4. The van der Waals surface area contributed by atoms with E-state index < -0.39 is 23.4 Å². The number of para-hydroxylation sites is 2. The molecule has 0 saturated carbocycles. The third-order valence-corrected chi connectivity index (χ3v) is 17.3. The quantitative estimate of drug-likeness (QED) is 0.0528. The number of anilines is 8. The second-order valence-corrected chi connectivity index (χ2v) is 25.2. The van der Waals surface area contributed by atoms with E-state index in [1.807, 2.05) is 30.3 Å². The van der Waals surface area contributed by atoms with Gasteiger partial charge in [-0.2, -0.15) is 33.6 Å². The van der Waals surface area contributed by atoms with Gasteiger partial charge in [0.05, 0.1) is 5.56 Å². The van der Waals surface area contributed by atoms with Gasteiger partial charge in [-0.15, -0.1) is 0 Å². The standard InChI is InChI=1S/C18H20F3N5O2.C17H19ClFN5O2.C17H19F2N5O2.C17H21N5O2/c1-25-16(27)7-6-15(24-25)23-17(28)26-10-8-12(9-11-26)22-14-5-3-2-4-13(14)18(19,20)21;2*1-23-16(25)3-2-15(22-23)21-17(26)24-6-4-13(5-7-24)20-14-9-11(18)8-12(19)10-14;1-21-16(23)8-7-15(20-21)19-17(24)22-11-9-14(10-12-22)18-13-5-3-2-4-6-13/h2-7,12,22H,8-11H2,1H3,(H,23,24,28);2*2-3,8-10,13,20H,4-7H2,1H3,(H,21,22,26);2-8,14,18H,9-12H2,1H3,(H,19,20,24). The molecule has 104 heavy (non-hydrogen) atoms. The van der Waals surface area contributed by atoms with Gasteiger partial charge in [0, 0.05) is 163 Å². The van der Waals surface area contributed by atoms with E-state index in [0.29, 0.717) is 118 Å². The zero-order chi connectivity index (χ0) is 74.6. The summed E-state index contributed by atoms with van der Waals surface area (Å²) >= 11 is 5.86. The topological polar surface area (TPSA) is 317 Å². The van der Waals surface area contributed by atoms with Crippen molar-refractivity contribution in [2.24, 2.45) is 28.2 Å².